The second-order valence-corrected chi connectivity index (χ2v) is 9.12. The molecular formula is C28H52O5. The number of aliphatic hydroxyl groups is 1. The van der Waals surface area contributed by atoms with Crippen LogP contribution < -0.4 is 0 Å². The van der Waals surface area contributed by atoms with Crippen molar-refractivity contribution < 1.29 is 24.2 Å². The minimum absolute atomic E-state index is 0.0682. The molecule has 0 aromatic carbocycles. The summed E-state index contributed by atoms with van der Waals surface area (Å²) in [4.78, 5) is 23.6. The number of rotatable bonds is 24. The summed E-state index contributed by atoms with van der Waals surface area (Å²) in [5.74, 6) is -0.622. The first-order valence-electron chi connectivity index (χ1n) is 13.7. The summed E-state index contributed by atoms with van der Waals surface area (Å²) in [5.41, 5.74) is 0. The van der Waals surface area contributed by atoms with E-state index in [9.17, 15) is 14.7 Å². The average molecular weight is 469 g/mol. The standard InChI is InChI=1S/C28H52O5/c1-3-5-7-9-10-11-12-13-14-15-16-17-18-19-21-23-28(31)33-26(24-29)25-32-27(30)22-20-8-6-4-2/h13-14,26,29H,3-12,15-25H2,1-2H3/b14-13-. The van der Waals surface area contributed by atoms with Crippen molar-refractivity contribution in [2.24, 2.45) is 0 Å². The zero-order valence-corrected chi connectivity index (χ0v) is 21.7. The predicted molar refractivity (Wildman–Crippen MR) is 136 cm³/mol. The Bertz CT molecular complexity index is 475. The molecule has 1 N–H and O–H groups in total. The Hall–Kier alpha value is -1.36. The van der Waals surface area contributed by atoms with Crippen LogP contribution in [0.2, 0.25) is 0 Å². The molecule has 0 saturated heterocycles. The number of hydrogen-bond donors (Lipinski definition) is 1. The van der Waals surface area contributed by atoms with Gasteiger partial charge < -0.3 is 14.6 Å². The highest BCUT2D eigenvalue weighted by atomic mass is 16.6. The van der Waals surface area contributed by atoms with E-state index in [1.165, 1.54) is 57.8 Å². The molecule has 0 rings (SSSR count). The summed E-state index contributed by atoms with van der Waals surface area (Å²) in [6.45, 7) is 3.97. The molecule has 0 aromatic rings. The second-order valence-electron chi connectivity index (χ2n) is 9.12. The van der Waals surface area contributed by atoms with Gasteiger partial charge in [0.25, 0.3) is 0 Å². The third-order valence-corrected chi connectivity index (χ3v) is 5.81. The van der Waals surface area contributed by atoms with Gasteiger partial charge in [-0.3, -0.25) is 9.59 Å². The molecule has 0 heterocycles. The van der Waals surface area contributed by atoms with E-state index in [2.05, 4.69) is 26.0 Å². The number of unbranched alkanes of at least 4 members (excludes halogenated alkanes) is 14. The van der Waals surface area contributed by atoms with Crippen molar-refractivity contribution in [3.63, 3.8) is 0 Å². The van der Waals surface area contributed by atoms with Crippen LogP contribution in [0.5, 0.6) is 0 Å². The predicted octanol–water partition coefficient (Wildman–Crippen LogP) is 7.44. The number of carbonyl (C=O) groups is 2. The van der Waals surface area contributed by atoms with E-state index in [4.69, 9.17) is 9.47 Å². The lowest BCUT2D eigenvalue weighted by Gasteiger charge is -2.15. The van der Waals surface area contributed by atoms with E-state index in [0.717, 1.165) is 51.4 Å². The number of aliphatic hydroxyl groups excluding tert-OH is 1. The molecular weight excluding hydrogens is 416 g/mol. The van der Waals surface area contributed by atoms with Crippen LogP contribution >= 0.6 is 0 Å². The zero-order chi connectivity index (χ0) is 24.4. The van der Waals surface area contributed by atoms with E-state index in [1.54, 1.807) is 0 Å². The molecule has 0 fully saturated rings. The third-order valence-electron chi connectivity index (χ3n) is 5.81. The molecule has 33 heavy (non-hydrogen) atoms. The summed E-state index contributed by atoms with van der Waals surface area (Å²) in [5, 5.41) is 9.36. The maximum atomic E-state index is 12.0. The minimum atomic E-state index is -0.764. The first kappa shape index (κ1) is 31.6. The van der Waals surface area contributed by atoms with Gasteiger partial charge in [0.1, 0.15) is 6.61 Å². The maximum absolute atomic E-state index is 12.0. The molecule has 5 heteroatoms. The molecule has 0 spiro atoms. The SMILES string of the molecule is CCCCCCCC/C=C\CCCCCCCC(=O)OC(CO)COC(=O)CCCCCC. The molecule has 0 saturated carbocycles. The third kappa shape index (κ3) is 23.6. The van der Waals surface area contributed by atoms with E-state index in [-0.39, 0.29) is 25.2 Å². The summed E-state index contributed by atoms with van der Waals surface area (Å²) in [6.07, 6.45) is 24.4. The van der Waals surface area contributed by atoms with E-state index >= 15 is 0 Å². The smallest absolute Gasteiger partial charge is 0.306 e. The largest absolute Gasteiger partial charge is 0.462 e. The molecule has 194 valence electrons. The van der Waals surface area contributed by atoms with Gasteiger partial charge in [0.15, 0.2) is 6.10 Å². The molecule has 1 atom stereocenters. The van der Waals surface area contributed by atoms with Gasteiger partial charge in [-0.2, -0.15) is 0 Å². The number of carbonyl (C=O) groups excluding carboxylic acids is 2. The van der Waals surface area contributed by atoms with Crippen LogP contribution in [0.1, 0.15) is 136 Å². The Labute approximate surface area is 203 Å². The van der Waals surface area contributed by atoms with Gasteiger partial charge in [0.05, 0.1) is 6.61 Å². The lowest BCUT2D eigenvalue weighted by molar-refractivity contribution is -0.161. The minimum Gasteiger partial charge on any atom is -0.462 e. The number of ether oxygens (including phenoxy) is 2. The maximum Gasteiger partial charge on any atom is 0.306 e. The first-order valence-corrected chi connectivity index (χ1v) is 13.7. The van der Waals surface area contributed by atoms with Crippen molar-refractivity contribution >= 4 is 11.9 Å². The molecule has 0 aliphatic rings. The summed E-state index contributed by atoms with van der Waals surface area (Å²) in [7, 11) is 0. The lowest BCUT2D eigenvalue weighted by Crippen LogP contribution is -2.28. The van der Waals surface area contributed by atoms with Crippen molar-refractivity contribution in [3.05, 3.63) is 12.2 Å². The second kappa shape index (κ2) is 25.3. The van der Waals surface area contributed by atoms with Gasteiger partial charge >= 0.3 is 11.9 Å². The van der Waals surface area contributed by atoms with Gasteiger partial charge in [-0.15, -0.1) is 0 Å². The van der Waals surface area contributed by atoms with Gasteiger partial charge in [-0.1, -0.05) is 96.6 Å². The zero-order valence-electron chi connectivity index (χ0n) is 21.7. The van der Waals surface area contributed by atoms with Crippen LogP contribution in [0.15, 0.2) is 12.2 Å². The van der Waals surface area contributed by atoms with Crippen molar-refractivity contribution in [2.45, 2.75) is 142 Å². The van der Waals surface area contributed by atoms with Gasteiger partial charge in [0.2, 0.25) is 0 Å². The average Bonchev–Trinajstić information content (AvgIpc) is 2.81. The Balaban J connectivity index is 3.57. The highest BCUT2D eigenvalue weighted by Crippen LogP contribution is 2.11. The normalized spacial score (nSPS) is 12.2. The fourth-order valence-corrected chi connectivity index (χ4v) is 3.66. The highest BCUT2D eigenvalue weighted by Gasteiger charge is 2.15. The topological polar surface area (TPSA) is 72.8 Å². The molecule has 0 radical (unpaired) electrons. The molecule has 0 bridgehead atoms. The van der Waals surface area contributed by atoms with E-state index in [0.29, 0.717) is 12.8 Å². The summed E-state index contributed by atoms with van der Waals surface area (Å²) in [6, 6.07) is 0. The lowest BCUT2D eigenvalue weighted by atomic mass is 10.1. The van der Waals surface area contributed by atoms with E-state index in [1.807, 2.05) is 0 Å². The van der Waals surface area contributed by atoms with Crippen LogP contribution in [0.25, 0.3) is 0 Å². The van der Waals surface area contributed by atoms with Crippen LogP contribution in [-0.4, -0.2) is 36.4 Å². The van der Waals surface area contributed by atoms with Crippen molar-refractivity contribution in [1.29, 1.82) is 0 Å². The highest BCUT2D eigenvalue weighted by molar-refractivity contribution is 5.70. The fraction of sp³-hybridized carbons (Fsp3) is 0.857. The van der Waals surface area contributed by atoms with Crippen molar-refractivity contribution in [2.75, 3.05) is 13.2 Å². The van der Waals surface area contributed by atoms with Crippen molar-refractivity contribution in [1.82, 2.24) is 0 Å². The number of hydrogen-bond acceptors (Lipinski definition) is 5. The molecule has 0 aromatic heterocycles. The van der Waals surface area contributed by atoms with Gasteiger partial charge in [0, 0.05) is 12.8 Å². The monoisotopic (exact) mass is 468 g/mol. The van der Waals surface area contributed by atoms with Gasteiger partial charge in [-0.25, -0.2) is 0 Å². The Morgan fingerprint density at radius 2 is 1.12 bits per heavy atom. The van der Waals surface area contributed by atoms with Crippen LogP contribution in [0, 0.1) is 0 Å². The number of esters is 2. The molecule has 0 amide bonds. The van der Waals surface area contributed by atoms with Crippen LogP contribution in [-0.2, 0) is 19.1 Å². The van der Waals surface area contributed by atoms with Crippen LogP contribution in [0.3, 0.4) is 0 Å². The number of allylic oxidation sites excluding steroid dienone is 2. The van der Waals surface area contributed by atoms with Crippen molar-refractivity contribution in [3.8, 4) is 0 Å². The van der Waals surface area contributed by atoms with E-state index < -0.39 is 6.10 Å². The molecule has 1 unspecified atom stereocenters. The summed E-state index contributed by atoms with van der Waals surface area (Å²) < 4.78 is 10.4. The Morgan fingerprint density at radius 1 is 0.667 bits per heavy atom. The first-order chi connectivity index (χ1) is 16.1. The molecule has 0 aliphatic heterocycles. The fourth-order valence-electron chi connectivity index (χ4n) is 3.66. The molecule has 0 aliphatic carbocycles. The Morgan fingerprint density at radius 3 is 1.67 bits per heavy atom. The van der Waals surface area contributed by atoms with Gasteiger partial charge in [-0.05, 0) is 38.5 Å². The quantitative estimate of drug-likeness (QED) is 0.0905. The van der Waals surface area contributed by atoms with Crippen LogP contribution in [0.4, 0.5) is 0 Å². The summed E-state index contributed by atoms with van der Waals surface area (Å²) >= 11 is 0. The Kier molecular flexibility index (Phi) is 24.2. The molecule has 5 nitrogen and oxygen atoms in total.